The van der Waals surface area contributed by atoms with Crippen LogP contribution in [0.5, 0.6) is 0 Å². The summed E-state index contributed by atoms with van der Waals surface area (Å²) in [5.41, 5.74) is 3.20. The average molecular weight is 334 g/mol. The maximum Gasteiger partial charge on any atom is 0.339 e. The molecule has 2 nitrogen and oxygen atoms in total. The zero-order valence-corrected chi connectivity index (χ0v) is 13.8. The van der Waals surface area contributed by atoms with Crippen molar-refractivity contribution in [3.05, 3.63) is 33.1 Å². The number of carbonyl (C=O) groups excluding carboxylic acids is 1. The Hall–Kier alpha value is -0.440. The summed E-state index contributed by atoms with van der Waals surface area (Å²) in [5.74, 6) is 0.390. The second-order valence-electron chi connectivity index (χ2n) is 5.89. The van der Waals surface area contributed by atoms with Crippen LogP contribution >= 0.6 is 34.8 Å². The van der Waals surface area contributed by atoms with Gasteiger partial charge in [0.15, 0.2) is 0 Å². The zero-order valence-electron chi connectivity index (χ0n) is 11.5. The molecule has 0 aromatic rings. The molecule has 0 aromatic heterocycles. The molecule has 0 bridgehead atoms. The number of fused-ring (bicyclic) bond motifs is 2. The Balaban J connectivity index is 2.31. The van der Waals surface area contributed by atoms with E-state index in [9.17, 15) is 4.79 Å². The van der Waals surface area contributed by atoms with Gasteiger partial charge in [-0.05, 0) is 32.3 Å². The van der Waals surface area contributed by atoms with Crippen LogP contribution in [0.3, 0.4) is 0 Å². The fourth-order valence-corrected chi connectivity index (χ4v) is 4.52. The van der Waals surface area contributed by atoms with Gasteiger partial charge in [-0.2, -0.15) is 0 Å². The smallest absolute Gasteiger partial charge is 0.339 e. The number of alkyl halides is 2. The SMILES string of the molecule is CC1=C2CC[C@]3(C)C(=C2OC1=O)C(C)=C(Cl)[C@@H](Cl)[C@@H]3Cl. The predicted octanol–water partition coefficient (Wildman–Crippen LogP) is 4.66. The van der Waals surface area contributed by atoms with E-state index in [-0.39, 0.29) is 16.8 Å². The average Bonchev–Trinajstić information content (AvgIpc) is 2.69. The summed E-state index contributed by atoms with van der Waals surface area (Å²) in [6.07, 6.45) is 1.62. The van der Waals surface area contributed by atoms with Gasteiger partial charge in [0, 0.05) is 27.2 Å². The van der Waals surface area contributed by atoms with Gasteiger partial charge in [0.25, 0.3) is 0 Å². The van der Waals surface area contributed by atoms with Crippen LogP contribution in [-0.4, -0.2) is 16.7 Å². The number of hydrogen-bond acceptors (Lipinski definition) is 2. The minimum Gasteiger partial charge on any atom is -0.423 e. The highest BCUT2D eigenvalue weighted by Crippen LogP contribution is 2.57. The number of rotatable bonds is 0. The zero-order chi connectivity index (χ0) is 14.8. The van der Waals surface area contributed by atoms with Crippen LogP contribution in [0.1, 0.15) is 33.6 Å². The summed E-state index contributed by atoms with van der Waals surface area (Å²) >= 11 is 19.3. The normalized spacial score (nSPS) is 37.2. The monoisotopic (exact) mass is 332 g/mol. The topological polar surface area (TPSA) is 26.3 Å². The van der Waals surface area contributed by atoms with Crippen molar-refractivity contribution in [1.82, 2.24) is 0 Å². The maximum absolute atomic E-state index is 11.8. The van der Waals surface area contributed by atoms with Crippen molar-refractivity contribution in [1.29, 1.82) is 0 Å². The van der Waals surface area contributed by atoms with Crippen LogP contribution in [0, 0.1) is 5.41 Å². The van der Waals surface area contributed by atoms with Crippen molar-refractivity contribution < 1.29 is 9.53 Å². The van der Waals surface area contributed by atoms with Crippen LogP contribution < -0.4 is 0 Å². The van der Waals surface area contributed by atoms with Gasteiger partial charge in [-0.1, -0.05) is 18.5 Å². The predicted molar refractivity (Wildman–Crippen MR) is 81.0 cm³/mol. The Morgan fingerprint density at radius 3 is 2.55 bits per heavy atom. The Morgan fingerprint density at radius 2 is 1.90 bits per heavy atom. The lowest BCUT2D eigenvalue weighted by Gasteiger charge is -2.46. The van der Waals surface area contributed by atoms with E-state index in [1.807, 2.05) is 6.92 Å². The third kappa shape index (κ3) is 1.68. The largest absolute Gasteiger partial charge is 0.423 e. The molecule has 2 aliphatic carbocycles. The van der Waals surface area contributed by atoms with Crippen LogP contribution in [0.15, 0.2) is 33.1 Å². The van der Waals surface area contributed by atoms with Gasteiger partial charge in [0.05, 0.1) is 10.8 Å². The summed E-state index contributed by atoms with van der Waals surface area (Å²) in [4.78, 5) is 11.8. The van der Waals surface area contributed by atoms with Crippen molar-refractivity contribution in [2.24, 2.45) is 5.41 Å². The van der Waals surface area contributed by atoms with Crippen molar-refractivity contribution in [3.8, 4) is 0 Å². The summed E-state index contributed by atoms with van der Waals surface area (Å²) in [6.45, 7) is 5.80. The number of hydrogen-bond donors (Lipinski definition) is 0. The summed E-state index contributed by atoms with van der Waals surface area (Å²) in [5, 5.41) is -0.172. The van der Waals surface area contributed by atoms with Crippen LogP contribution in [0.4, 0.5) is 0 Å². The third-order valence-corrected chi connectivity index (χ3v) is 6.72. The molecule has 5 heteroatoms. The number of ether oxygens (including phenoxy) is 1. The molecule has 20 heavy (non-hydrogen) atoms. The molecule has 0 fully saturated rings. The van der Waals surface area contributed by atoms with Crippen LogP contribution in [-0.2, 0) is 9.53 Å². The Kier molecular flexibility index (Phi) is 3.28. The highest BCUT2D eigenvalue weighted by Gasteiger charge is 2.52. The molecule has 1 aliphatic heterocycles. The highest BCUT2D eigenvalue weighted by molar-refractivity contribution is 6.41. The van der Waals surface area contributed by atoms with Gasteiger partial charge in [-0.3, -0.25) is 0 Å². The van der Waals surface area contributed by atoms with Gasteiger partial charge in [0.1, 0.15) is 5.76 Å². The molecule has 0 saturated carbocycles. The van der Waals surface area contributed by atoms with Gasteiger partial charge >= 0.3 is 5.97 Å². The first-order chi connectivity index (χ1) is 9.29. The van der Waals surface area contributed by atoms with Crippen molar-refractivity contribution in [2.75, 3.05) is 0 Å². The fraction of sp³-hybridized carbons (Fsp3) is 0.533. The first-order valence-corrected chi connectivity index (χ1v) is 7.86. The van der Waals surface area contributed by atoms with Crippen LogP contribution in [0.2, 0.25) is 0 Å². The molecule has 0 saturated heterocycles. The molecule has 1 heterocycles. The fourth-order valence-electron chi connectivity index (χ4n) is 3.45. The lowest BCUT2D eigenvalue weighted by molar-refractivity contribution is -0.133. The molecule has 0 unspecified atom stereocenters. The van der Waals surface area contributed by atoms with E-state index in [4.69, 9.17) is 39.5 Å². The lowest BCUT2D eigenvalue weighted by Crippen LogP contribution is -2.43. The molecule has 3 aliphatic rings. The van der Waals surface area contributed by atoms with Crippen molar-refractivity contribution in [3.63, 3.8) is 0 Å². The van der Waals surface area contributed by atoms with E-state index in [1.54, 1.807) is 6.92 Å². The van der Waals surface area contributed by atoms with E-state index in [1.165, 1.54) is 0 Å². The Labute approximate surface area is 133 Å². The molecule has 0 radical (unpaired) electrons. The minimum atomic E-state index is -0.406. The van der Waals surface area contributed by atoms with E-state index < -0.39 is 5.38 Å². The molecule has 0 amide bonds. The number of allylic oxidation sites excluding steroid dienone is 4. The molecule has 0 N–H and O–H groups in total. The highest BCUT2D eigenvalue weighted by atomic mass is 35.5. The number of esters is 1. The molecule has 108 valence electrons. The second kappa shape index (κ2) is 4.53. The summed E-state index contributed by atoms with van der Waals surface area (Å²) in [7, 11) is 0. The second-order valence-corrected chi connectivity index (χ2v) is 7.24. The quantitative estimate of drug-likeness (QED) is 0.476. The first-order valence-electron chi connectivity index (χ1n) is 6.61. The van der Waals surface area contributed by atoms with Crippen molar-refractivity contribution >= 4 is 40.8 Å². The number of carbonyl (C=O) groups is 1. The molecule has 3 atom stereocenters. The minimum absolute atomic E-state index is 0.269. The van der Waals surface area contributed by atoms with Gasteiger partial charge in [-0.25, -0.2) is 4.79 Å². The van der Waals surface area contributed by atoms with E-state index in [2.05, 4.69) is 6.92 Å². The Morgan fingerprint density at radius 1 is 1.25 bits per heavy atom. The Bertz CT molecular complexity index is 615. The van der Waals surface area contributed by atoms with E-state index in [0.717, 1.165) is 29.6 Å². The summed E-state index contributed by atoms with van der Waals surface area (Å²) in [6, 6.07) is 0. The van der Waals surface area contributed by atoms with Gasteiger partial charge in [-0.15, -0.1) is 23.2 Å². The maximum atomic E-state index is 11.8. The third-order valence-electron chi connectivity index (χ3n) is 4.76. The standard InChI is InChI=1S/C15H15Cl3O2/c1-6-8-4-5-15(3)9(12(8)20-14(6)19)7(2)10(16)11(17)13(15)18/h11,13H,4-5H2,1-3H3/t11-,13+,15-/m1/s1. The van der Waals surface area contributed by atoms with E-state index >= 15 is 0 Å². The van der Waals surface area contributed by atoms with Gasteiger partial charge < -0.3 is 4.74 Å². The molecular formula is C15H15Cl3O2. The van der Waals surface area contributed by atoms with Gasteiger partial charge in [0.2, 0.25) is 0 Å². The van der Waals surface area contributed by atoms with Crippen molar-refractivity contribution in [2.45, 2.75) is 44.4 Å². The molecule has 0 spiro atoms. The lowest BCUT2D eigenvalue weighted by atomic mass is 9.64. The van der Waals surface area contributed by atoms with Crippen LogP contribution in [0.25, 0.3) is 0 Å². The molecule has 3 rings (SSSR count). The molecular weight excluding hydrogens is 319 g/mol. The molecule has 0 aromatic carbocycles. The van der Waals surface area contributed by atoms with E-state index in [0.29, 0.717) is 16.4 Å². The number of halogens is 3. The first kappa shape index (κ1) is 14.5. The summed E-state index contributed by atoms with van der Waals surface area (Å²) < 4.78 is 5.49.